The number of hydrogen-bond acceptors (Lipinski definition) is 4. The Labute approximate surface area is 194 Å². The molecule has 0 radical (unpaired) electrons. The van der Waals surface area contributed by atoms with Crippen molar-refractivity contribution in [1.29, 1.82) is 0 Å². The van der Waals surface area contributed by atoms with Gasteiger partial charge in [-0.2, -0.15) is 0 Å². The number of ether oxygens (including phenoxy) is 1. The molecular weight excluding hydrogens is 426 g/mol. The molecule has 4 rings (SSSR count). The molecule has 6 nitrogen and oxygen atoms in total. The van der Waals surface area contributed by atoms with Crippen LogP contribution < -0.4 is 15.4 Å². The van der Waals surface area contributed by atoms with E-state index in [1.165, 1.54) is 6.42 Å². The van der Waals surface area contributed by atoms with Crippen LogP contribution in [0.2, 0.25) is 5.02 Å². The molecule has 2 N–H and O–H groups in total. The lowest BCUT2D eigenvalue weighted by Gasteiger charge is -2.48. The van der Waals surface area contributed by atoms with Gasteiger partial charge in [0.1, 0.15) is 5.75 Å². The summed E-state index contributed by atoms with van der Waals surface area (Å²) in [5, 5.41) is 6.70. The Morgan fingerprint density at radius 1 is 1.06 bits per heavy atom. The van der Waals surface area contributed by atoms with E-state index >= 15 is 0 Å². The Kier molecular flexibility index (Phi) is 7.33. The first-order valence-electron chi connectivity index (χ1n) is 11.2. The fraction of sp³-hybridized carbons (Fsp3) is 0.440. The number of carbonyl (C=O) groups is 2. The van der Waals surface area contributed by atoms with Crippen molar-refractivity contribution in [3.05, 3.63) is 59.1 Å². The molecule has 2 aromatic carbocycles. The van der Waals surface area contributed by atoms with Gasteiger partial charge < -0.3 is 15.4 Å². The minimum absolute atomic E-state index is 0.0336. The van der Waals surface area contributed by atoms with E-state index in [1.54, 1.807) is 13.2 Å². The molecule has 2 heterocycles. The summed E-state index contributed by atoms with van der Waals surface area (Å²) in [6.45, 7) is 0.352. The maximum Gasteiger partial charge on any atom is 0.238 e. The van der Waals surface area contributed by atoms with E-state index in [0.29, 0.717) is 35.8 Å². The number of hydrogen-bond donors (Lipinski definition) is 2. The molecule has 2 aliphatic rings. The zero-order valence-corrected chi connectivity index (χ0v) is 19.1. The van der Waals surface area contributed by atoms with Crippen molar-refractivity contribution in [2.24, 2.45) is 0 Å². The minimum atomic E-state index is -0.0458. The quantitative estimate of drug-likeness (QED) is 0.661. The molecule has 2 aliphatic heterocycles. The summed E-state index contributed by atoms with van der Waals surface area (Å²) in [4.78, 5) is 27.7. The largest absolute Gasteiger partial charge is 0.497 e. The van der Waals surface area contributed by atoms with Crippen molar-refractivity contribution in [3.63, 3.8) is 0 Å². The lowest BCUT2D eigenvalue weighted by atomic mass is 9.81. The van der Waals surface area contributed by atoms with Crippen molar-refractivity contribution in [2.75, 3.05) is 19.0 Å². The van der Waals surface area contributed by atoms with Crippen molar-refractivity contribution in [3.8, 4) is 5.75 Å². The Morgan fingerprint density at radius 3 is 2.53 bits per heavy atom. The fourth-order valence-electron chi connectivity index (χ4n) is 5.02. The predicted molar refractivity (Wildman–Crippen MR) is 126 cm³/mol. The third kappa shape index (κ3) is 5.61. The molecule has 0 aromatic heterocycles. The average Bonchev–Trinajstić information content (AvgIpc) is 2.76. The molecule has 2 aromatic rings. The first-order chi connectivity index (χ1) is 15.5. The molecule has 2 fully saturated rings. The number of amides is 2. The SMILES string of the molecule is COc1cccc(CC(=O)NC2CC3CCCC(C2)N3CC(=O)Nc2ccccc2Cl)c1. The standard InChI is InChI=1S/C25H30ClN3O3/c1-32-21-9-4-6-17(12-21)13-24(30)27-18-14-19-7-5-8-20(15-18)29(19)16-25(31)28-23-11-3-2-10-22(23)26/h2-4,6,9-12,18-20H,5,7-8,13-16H2,1H3,(H,27,30)(H,28,31). The second-order valence-electron chi connectivity index (χ2n) is 8.70. The number of benzene rings is 2. The van der Waals surface area contributed by atoms with Crippen LogP contribution >= 0.6 is 11.6 Å². The number of halogens is 1. The van der Waals surface area contributed by atoms with Crippen LogP contribution in [-0.2, 0) is 16.0 Å². The van der Waals surface area contributed by atoms with Crippen molar-refractivity contribution in [2.45, 2.75) is 56.7 Å². The molecule has 2 unspecified atom stereocenters. The van der Waals surface area contributed by atoms with Crippen LogP contribution in [0.25, 0.3) is 0 Å². The molecule has 2 atom stereocenters. The number of nitrogens with one attached hydrogen (secondary N) is 2. The molecule has 0 saturated carbocycles. The molecule has 0 aliphatic carbocycles. The van der Waals surface area contributed by atoms with Crippen LogP contribution in [0.3, 0.4) is 0 Å². The van der Waals surface area contributed by atoms with Gasteiger partial charge in [0.15, 0.2) is 0 Å². The number of piperidine rings is 2. The van der Waals surface area contributed by atoms with Crippen molar-refractivity contribution in [1.82, 2.24) is 10.2 Å². The van der Waals surface area contributed by atoms with Gasteiger partial charge in [0.2, 0.25) is 11.8 Å². The maximum atomic E-state index is 12.7. The minimum Gasteiger partial charge on any atom is -0.497 e. The summed E-state index contributed by atoms with van der Waals surface area (Å²) in [6, 6.07) is 15.7. The fourth-order valence-corrected chi connectivity index (χ4v) is 5.20. The topological polar surface area (TPSA) is 70.7 Å². The zero-order valence-electron chi connectivity index (χ0n) is 18.4. The van der Waals surface area contributed by atoms with Gasteiger partial charge in [-0.25, -0.2) is 0 Å². The molecule has 2 bridgehead atoms. The molecule has 7 heteroatoms. The van der Waals surface area contributed by atoms with E-state index in [1.807, 2.05) is 42.5 Å². The summed E-state index contributed by atoms with van der Waals surface area (Å²) in [5.74, 6) is 0.745. The second-order valence-corrected chi connectivity index (χ2v) is 9.11. The number of para-hydroxylation sites is 1. The van der Waals surface area contributed by atoms with Gasteiger partial charge >= 0.3 is 0 Å². The van der Waals surface area contributed by atoms with Gasteiger partial charge in [-0.3, -0.25) is 14.5 Å². The monoisotopic (exact) mass is 455 g/mol. The van der Waals surface area contributed by atoms with Crippen LogP contribution in [-0.4, -0.2) is 48.5 Å². The smallest absolute Gasteiger partial charge is 0.238 e. The summed E-state index contributed by atoms with van der Waals surface area (Å²) in [7, 11) is 1.63. The summed E-state index contributed by atoms with van der Waals surface area (Å²) in [6.07, 6.45) is 5.37. The Bertz CT molecular complexity index is 953. The van der Waals surface area contributed by atoms with Crippen LogP contribution in [0.5, 0.6) is 5.75 Å². The van der Waals surface area contributed by atoms with E-state index < -0.39 is 0 Å². The highest BCUT2D eigenvalue weighted by Crippen LogP contribution is 2.34. The number of rotatable bonds is 7. The molecule has 170 valence electrons. The highest BCUT2D eigenvalue weighted by Gasteiger charge is 2.39. The van der Waals surface area contributed by atoms with E-state index in [4.69, 9.17) is 16.3 Å². The molecule has 32 heavy (non-hydrogen) atoms. The van der Waals surface area contributed by atoms with Gasteiger partial charge in [-0.05, 0) is 55.5 Å². The van der Waals surface area contributed by atoms with Gasteiger partial charge in [0.25, 0.3) is 0 Å². The van der Waals surface area contributed by atoms with Gasteiger partial charge in [0, 0.05) is 18.1 Å². The average molecular weight is 456 g/mol. The number of anilines is 1. The van der Waals surface area contributed by atoms with Crippen LogP contribution in [0.15, 0.2) is 48.5 Å². The number of nitrogens with zero attached hydrogens (tertiary/aromatic N) is 1. The van der Waals surface area contributed by atoms with E-state index in [2.05, 4.69) is 15.5 Å². The van der Waals surface area contributed by atoms with Gasteiger partial charge in [-0.15, -0.1) is 0 Å². The third-order valence-corrected chi connectivity index (χ3v) is 6.79. The Balaban J connectivity index is 1.32. The molecular formula is C25H30ClN3O3. The summed E-state index contributed by atoms with van der Waals surface area (Å²) < 4.78 is 5.25. The molecule has 2 saturated heterocycles. The van der Waals surface area contributed by atoms with Gasteiger partial charge in [-0.1, -0.05) is 42.3 Å². The van der Waals surface area contributed by atoms with Crippen molar-refractivity contribution < 1.29 is 14.3 Å². The first-order valence-corrected chi connectivity index (χ1v) is 11.6. The Morgan fingerprint density at radius 2 is 1.81 bits per heavy atom. The van der Waals surface area contributed by atoms with E-state index in [0.717, 1.165) is 37.0 Å². The van der Waals surface area contributed by atoms with Crippen molar-refractivity contribution >= 4 is 29.1 Å². The third-order valence-electron chi connectivity index (χ3n) is 6.46. The van der Waals surface area contributed by atoms with Gasteiger partial charge in [0.05, 0.1) is 30.8 Å². The maximum absolute atomic E-state index is 12.7. The second kappa shape index (κ2) is 10.4. The number of methoxy groups -OCH3 is 1. The normalized spacial score (nSPS) is 22.8. The highest BCUT2D eigenvalue weighted by atomic mass is 35.5. The lowest BCUT2D eigenvalue weighted by Crippen LogP contribution is -2.58. The summed E-state index contributed by atoms with van der Waals surface area (Å²) in [5.41, 5.74) is 1.58. The number of fused-ring (bicyclic) bond motifs is 2. The highest BCUT2D eigenvalue weighted by molar-refractivity contribution is 6.33. The molecule has 0 spiro atoms. The van der Waals surface area contributed by atoms with Crippen LogP contribution in [0.1, 0.15) is 37.7 Å². The Hall–Kier alpha value is -2.57. The zero-order chi connectivity index (χ0) is 22.5. The molecule has 2 amide bonds. The van der Waals surface area contributed by atoms with E-state index in [-0.39, 0.29) is 17.9 Å². The van der Waals surface area contributed by atoms with Crippen LogP contribution in [0, 0.1) is 0 Å². The summed E-state index contributed by atoms with van der Waals surface area (Å²) >= 11 is 6.17. The van der Waals surface area contributed by atoms with E-state index in [9.17, 15) is 9.59 Å². The first kappa shape index (κ1) is 22.6. The lowest BCUT2D eigenvalue weighted by molar-refractivity contribution is -0.124. The predicted octanol–water partition coefficient (Wildman–Crippen LogP) is 4.03. The number of carbonyl (C=O) groups excluding carboxylic acids is 2. The van der Waals surface area contributed by atoms with Crippen LogP contribution in [0.4, 0.5) is 5.69 Å².